The van der Waals surface area contributed by atoms with Gasteiger partial charge >= 0.3 is 5.97 Å². The van der Waals surface area contributed by atoms with Crippen LogP contribution in [0.1, 0.15) is 47.3 Å². The predicted molar refractivity (Wildman–Crippen MR) is 138 cm³/mol. The second-order valence-corrected chi connectivity index (χ2v) is 9.35. The van der Waals surface area contributed by atoms with Gasteiger partial charge in [-0.05, 0) is 79.9 Å². The summed E-state index contributed by atoms with van der Waals surface area (Å²) < 4.78 is 18.8. The number of carbonyl (C=O) groups is 3. The smallest absolute Gasteiger partial charge is 0.341 e. The van der Waals surface area contributed by atoms with Crippen LogP contribution < -0.4 is 15.0 Å². The van der Waals surface area contributed by atoms with Crippen molar-refractivity contribution in [3.8, 4) is 5.75 Å². The molecular formula is C28H26ClFN2O5. The summed E-state index contributed by atoms with van der Waals surface area (Å²) in [7, 11) is 0. The number of carbonyl (C=O) groups excluding carboxylic acids is 2. The maximum atomic E-state index is 13.4. The van der Waals surface area contributed by atoms with E-state index in [1.165, 1.54) is 24.3 Å². The molecule has 0 aliphatic carbocycles. The molecule has 0 radical (unpaired) electrons. The maximum absolute atomic E-state index is 13.4. The normalized spacial score (nSPS) is 16.6. The van der Waals surface area contributed by atoms with Crippen molar-refractivity contribution in [3.05, 3.63) is 94.3 Å². The van der Waals surface area contributed by atoms with Crippen LogP contribution in [0.25, 0.3) is 0 Å². The van der Waals surface area contributed by atoms with E-state index in [9.17, 15) is 18.8 Å². The van der Waals surface area contributed by atoms with Crippen molar-refractivity contribution in [2.75, 3.05) is 11.5 Å². The largest absolute Gasteiger partial charge is 0.482 e. The van der Waals surface area contributed by atoms with E-state index in [2.05, 4.69) is 5.32 Å². The summed E-state index contributed by atoms with van der Waals surface area (Å²) in [5.41, 5.74) is 2.52. The molecule has 0 spiro atoms. The first-order valence-electron chi connectivity index (χ1n) is 11.8. The summed E-state index contributed by atoms with van der Waals surface area (Å²) in [5, 5.41) is 12.7. The van der Waals surface area contributed by atoms with E-state index in [-0.39, 0.29) is 24.3 Å². The topological polar surface area (TPSA) is 95.9 Å². The Hall–Kier alpha value is -3.91. The van der Waals surface area contributed by atoms with Crippen LogP contribution in [0.15, 0.2) is 66.7 Å². The zero-order valence-electron chi connectivity index (χ0n) is 20.1. The third-order valence-electron chi connectivity index (χ3n) is 6.21. The van der Waals surface area contributed by atoms with Crippen molar-refractivity contribution in [1.29, 1.82) is 0 Å². The molecule has 0 unspecified atom stereocenters. The number of aliphatic carboxylic acids is 1. The lowest BCUT2D eigenvalue weighted by Gasteiger charge is -2.40. The van der Waals surface area contributed by atoms with Crippen LogP contribution in [-0.2, 0) is 16.0 Å². The molecule has 3 aromatic rings. The number of nitrogens with zero attached hydrogens (tertiary/aromatic N) is 1. The van der Waals surface area contributed by atoms with Crippen LogP contribution in [0.2, 0.25) is 5.02 Å². The molecule has 0 saturated heterocycles. The predicted octanol–water partition coefficient (Wildman–Crippen LogP) is 5.17. The molecule has 2 N–H and O–H groups in total. The minimum Gasteiger partial charge on any atom is -0.482 e. The van der Waals surface area contributed by atoms with E-state index in [0.717, 1.165) is 5.56 Å². The maximum Gasteiger partial charge on any atom is 0.341 e. The molecule has 0 saturated carbocycles. The SMILES string of the molecule is C[C@H]1C[C@@H](NC(=O)CCc2ccc(Cl)cc2)c2cc(OCC(=O)O)ccc2N1C(=O)c1ccc(F)cc1. The Bertz CT molecular complexity index is 1300. The number of amides is 2. The number of hydrogen-bond donors (Lipinski definition) is 2. The summed E-state index contributed by atoms with van der Waals surface area (Å²) in [5.74, 6) is -1.71. The molecule has 0 bridgehead atoms. The Kier molecular flexibility index (Phi) is 8.08. The van der Waals surface area contributed by atoms with Gasteiger partial charge in [0.05, 0.1) is 6.04 Å². The summed E-state index contributed by atoms with van der Waals surface area (Å²) >= 11 is 5.93. The van der Waals surface area contributed by atoms with Gasteiger partial charge in [0.2, 0.25) is 5.91 Å². The highest BCUT2D eigenvalue weighted by Gasteiger charge is 2.35. The van der Waals surface area contributed by atoms with Gasteiger partial charge in [-0.2, -0.15) is 0 Å². The van der Waals surface area contributed by atoms with Crippen molar-refractivity contribution in [2.45, 2.75) is 38.3 Å². The number of rotatable bonds is 8. The van der Waals surface area contributed by atoms with Gasteiger partial charge in [-0.3, -0.25) is 9.59 Å². The molecule has 192 valence electrons. The van der Waals surface area contributed by atoms with E-state index >= 15 is 0 Å². The van der Waals surface area contributed by atoms with Crippen LogP contribution in [0.3, 0.4) is 0 Å². The fourth-order valence-corrected chi connectivity index (χ4v) is 4.56. The van der Waals surface area contributed by atoms with Crippen molar-refractivity contribution < 1.29 is 28.6 Å². The van der Waals surface area contributed by atoms with Crippen LogP contribution in [0.4, 0.5) is 10.1 Å². The number of fused-ring (bicyclic) bond motifs is 1. The zero-order chi connectivity index (χ0) is 26.5. The van der Waals surface area contributed by atoms with Crippen LogP contribution in [-0.4, -0.2) is 35.5 Å². The van der Waals surface area contributed by atoms with Gasteiger partial charge in [0, 0.05) is 34.3 Å². The van der Waals surface area contributed by atoms with E-state index in [4.69, 9.17) is 21.4 Å². The van der Waals surface area contributed by atoms with Gasteiger partial charge in [-0.25, -0.2) is 9.18 Å². The first kappa shape index (κ1) is 26.2. The number of halogens is 2. The van der Waals surface area contributed by atoms with Gasteiger partial charge in [0.1, 0.15) is 11.6 Å². The second-order valence-electron chi connectivity index (χ2n) is 8.92. The Morgan fingerprint density at radius 3 is 2.46 bits per heavy atom. The van der Waals surface area contributed by atoms with Crippen molar-refractivity contribution >= 4 is 35.1 Å². The van der Waals surface area contributed by atoms with Crippen LogP contribution >= 0.6 is 11.6 Å². The molecule has 7 nitrogen and oxygen atoms in total. The Balaban J connectivity index is 1.58. The van der Waals surface area contributed by atoms with E-state index in [1.54, 1.807) is 35.2 Å². The van der Waals surface area contributed by atoms with Crippen LogP contribution in [0.5, 0.6) is 5.75 Å². The molecule has 4 rings (SSSR count). The van der Waals surface area contributed by atoms with Gasteiger partial charge in [-0.15, -0.1) is 0 Å². The van der Waals surface area contributed by atoms with Crippen LogP contribution in [0, 0.1) is 5.82 Å². The number of carboxylic acid groups (broad SMARTS) is 1. The Morgan fingerprint density at radius 1 is 1.08 bits per heavy atom. The molecule has 1 aliphatic heterocycles. The summed E-state index contributed by atoms with van der Waals surface area (Å²) in [6.07, 6.45) is 1.22. The quantitative estimate of drug-likeness (QED) is 0.424. The molecule has 3 aromatic carbocycles. The molecular weight excluding hydrogens is 499 g/mol. The minimum absolute atomic E-state index is 0.159. The van der Waals surface area contributed by atoms with E-state index < -0.39 is 24.4 Å². The number of nitrogens with one attached hydrogen (secondary N) is 1. The van der Waals surface area contributed by atoms with E-state index in [1.807, 2.05) is 19.1 Å². The van der Waals surface area contributed by atoms with E-state index in [0.29, 0.717) is 40.4 Å². The standard InChI is InChI=1S/C28H26ClFN2O5/c1-17-14-24(31-26(33)13-4-18-2-7-20(29)8-3-18)23-15-22(37-16-27(34)35)11-12-25(23)32(17)28(36)19-5-9-21(30)10-6-19/h2-3,5-12,15,17,24H,4,13-14,16H2,1H3,(H,31,33)(H,34,35)/t17-,24+/m0/s1. The number of carboxylic acids is 1. The van der Waals surface area contributed by atoms with Crippen molar-refractivity contribution in [1.82, 2.24) is 5.32 Å². The monoisotopic (exact) mass is 524 g/mol. The molecule has 37 heavy (non-hydrogen) atoms. The number of hydrogen-bond acceptors (Lipinski definition) is 4. The summed E-state index contributed by atoms with van der Waals surface area (Å²) in [6, 6.07) is 16.8. The van der Waals surface area contributed by atoms with Gasteiger partial charge in [-0.1, -0.05) is 23.7 Å². The molecule has 1 heterocycles. The molecule has 2 amide bonds. The first-order chi connectivity index (χ1) is 17.7. The molecule has 0 fully saturated rings. The van der Waals surface area contributed by atoms with Crippen molar-refractivity contribution in [2.24, 2.45) is 0 Å². The highest BCUT2D eigenvalue weighted by Crippen LogP contribution is 2.40. The highest BCUT2D eigenvalue weighted by molar-refractivity contribution is 6.30. The fourth-order valence-electron chi connectivity index (χ4n) is 4.43. The molecule has 2 atom stereocenters. The van der Waals surface area contributed by atoms with Gasteiger partial charge in [0.25, 0.3) is 5.91 Å². The van der Waals surface area contributed by atoms with Crippen molar-refractivity contribution in [3.63, 3.8) is 0 Å². The second kappa shape index (κ2) is 11.4. The lowest BCUT2D eigenvalue weighted by Crippen LogP contribution is -2.46. The zero-order valence-corrected chi connectivity index (χ0v) is 20.9. The molecule has 0 aromatic heterocycles. The average molecular weight is 525 g/mol. The number of aryl methyl sites for hydroxylation is 1. The highest BCUT2D eigenvalue weighted by atomic mass is 35.5. The lowest BCUT2D eigenvalue weighted by atomic mass is 9.90. The number of ether oxygens (including phenoxy) is 1. The Labute approximate surface area is 218 Å². The number of benzene rings is 3. The number of anilines is 1. The average Bonchev–Trinajstić information content (AvgIpc) is 2.87. The lowest BCUT2D eigenvalue weighted by molar-refractivity contribution is -0.139. The summed E-state index contributed by atoms with van der Waals surface area (Å²) in [6.45, 7) is 1.36. The first-order valence-corrected chi connectivity index (χ1v) is 12.2. The Morgan fingerprint density at radius 2 is 1.78 bits per heavy atom. The third kappa shape index (κ3) is 6.46. The summed E-state index contributed by atoms with van der Waals surface area (Å²) in [4.78, 5) is 38.9. The third-order valence-corrected chi connectivity index (χ3v) is 6.47. The van der Waals surface area contributed by atoms with Gasteiger partial charge in [0.15, 0.2) is 6.61 Å². The van der Waals surface area contributed by atoms with Gasteiger partial charge < -0.3 is 20.1 Å². The molecule has 1 aliphatic rings. The fraction of sp³-hybridized carbons (Fsp3) is 0.250. The minimum atomic E-state index is -1.12. The molecule has 9 heteroatoms.